The molecule has 0 aliphatic heterocycles. The number of fused-ring (bicyclic) bond motifs is 2. The molecule has 9 aromatic rings. The number of hydrogen-bond acceptors (Lipinski definition) is 0. The van der Waals surface area contributed by atoms with E-state index in [1.165, 1.54) is 76.0 Å². The first kappa shape index (κ1) is 33.1. The molecule has 254 valence electrons. The molecule has 0 aromatic heterocycles. The highest BCUT2D eigenvalue weighted by atomic mass is 28.3. The zero-order chi connectivity index (χ0) is 36.3. The third-order valence-electron chi connectivity index (χ3n) is 10.6. The lowest BCUT2D eigenvalue weighted by Crippen LogP contribution is -2.66. The molecule has 0 bridgehead atoms. The van der Waals surface area contributed by atoms with Crippen molar-refractivity contribution in [1.82, 2.24) is 0 Å². The molecule has 9 rings (SSSR count). The Morgan fingerprint density at radius 3 is 1.24 bits per heavy atom. The molecular formula is C53H38Si. The quantitative estimate of drug-likeness (QED) is 0.0700. The highest BCUT2D eigenvalue weighted by molar-refractivity contribution is 7.16. The van der Waals surface area contributed by atoms with Gasteiger partial charge in [-0.15, -0.1) is 5.54 Å². The summed E-state index contributed by atoms with van der Waals surface area (Å²) in [5, 5.41) is 8.60. The molecule has 0 N–H and O–H groups in total. The SMILES string of the molecule is Cc1ccc2c(C#C[Si](c3ccccc3)(c3ccccc3)c3ccccc3)c3ccccc3c(-c3cc(-c4ccccc4)cc(-c4ccccc4)c3)c2c1. The fraction of sp³-hybridized carbons (Fsp3) is 0.0189. The Labute approximate surface area is 319 Å². The van der Waals surface area contributed by atoms with Crippen molar-refractivity contribution in [2.75, 3.05) is 0 Å². The predicted octanol–water partition coefficient (Wildman–Crippen LogP) is 11.4. The normalized spacial score (nSPS) is 11.3. The standard InChI is InChI=1S/C53H38Si/c1-39-31-32-49-50(33-34-54(45-23-11-4-12-24-45,46-25-13-5-14-26-46)47-27-15-6-16-28-47)48-29-17-18-30-51(48)53(52(49)35-39)44-37-42(40-19-7-2-8-20-40)36-43(38-44)41-21-9-3-10-22-41/h2-32,35-38H,1H3. The summed E-state index contributed by atoms with van der Waals surface area (Å²) in [7, 11) is -2.82. The Morgan fingerprint density at radius 1 is 0.333 bits per heavy atom. The van der Waals surface area contributed by atoms with Gasteiger partial charge in [0.25, 0.3) is 0 Å². The van der Waals surface area contributed by atoms with Crippen LogP contribution in [0.25, 0.3) is 54.9 Å². The Balaban J connectivity index is 1.36. The first-order chi connectivity index (χ1) is 26.7. The number of hydrogen-bond donors (Lipinski definition) is 0. The van der Waals surface area contributed by atoms with E-state index >= 15 is 0 Å². The lowest BCUT2D eigenvalue weighted by atomic mass is 9.86. The Kier molecular flexibility index (Phi) is 8.81. The second kappa shape index (κ2) is 14.4. The number of aryl methyl sites for hydroxylation is 1. The van der Waals surface area contributed by atoms with Crippen molar-refractivity contribution in [2.45, 2.75) is 6.92 Å². The van der Waals surface area contributed by atoms with Crippen LogP contribution < -0.4 is 15.6 Å². The zero-order valence-electron chi connectivity index (χ0n) is 30.2. The highest BCUT2D eigenvalue weighted by Crippen LogP contribution is 2.42. The van der Waals surface area contributed by atoms with Gasteiger partial charge in [-0.05, 0) is 95.6 Å². The molecule has 0 unspecified atom stereocenters. The average molecular weight is 703 g/mol. The van der Waals surface area contributed by atoms with Crippen LogP contribution in [0.2, 0.25) is 0 Å². The molecule has 0 atom stereocenters. The summed E-state index contributed by atoms with van der Waals surface area (Å²) in [6.45, 7) is 2.19. The van der Waals surface area contributed by atoms with Gasteiger partial charge in [0.15, 0.2) is 0 Å². The van der Waals surface area contributed by atoms with Gasteiger partial charge in [0, 0.05) is 5.56 Å². The molecule has 1 heteroatoms. The van der Waals surface area contributed by atoms with Crippen LogP contribution in [0.4, 0.5) is 0 Å². The molecule has 0 saturated carbocycles. The highest BCUT2D eigenvalue weighted by Gasteiger charge is 2.38. The van der Waals surface area contributed by atoms with E-state index < -0.39 is 8.07 Å². The number of benzene rings is 9. The van der Waals surface area contributed by atoms with Gasteiger partial charge < -0.3 is 0 Å². The molecule has 0 spiro atoms. The summed E-state index contributed by atoms with van der Waals surface area (Å²) in [4.78, 5) is 0. The van der Waals surface area contributed by atoms with E-state index in [0.29, 0.717) is 0 Å². The van der Waals surface area contributed by atoms with E-state index in [1.807, 2.05) is 0 Å². The van der Waals surface area contributed by atoms with Crippen LogP contribution in [-0.4, -0.2) is 8.07 Å². The van der Waals surface area contributed by atoms with Crippen molar-refractivity contribution in [1.29, 1.82) is 0 Å². The van der Waals surface area contributed by atoms with E-state index in [2.05, 4.69) is 231 Å². The molecule has 9 aromatic carbocycles. The Morgan fingerprint density at radius 2 is 0.741 bits per heavy atom. The van der Waals surface area contributed by atoms with E-state index in [9.17, 15) is 0 Å². The summed E-state index contributed by atoms with van der Waals surface area (Å²) >= 11 is 0. The lowest BCUT2D eigenvalue weighted by Gasteiger charge is -2.28. The van der Waals surface area contributed by atoms with Crippen LogP contribution in [0.1, 0.15) is 11.1 Å². The number of rotatable bonds is 6. The van der Waals surface area contributed by atoms with Crippen molar-refractivity contribution < 1.29 is 0 Å². The second-order valence-corrected chi connectivity index (χ2v) is 17.5. The summed E-state index contributed by atoms with van der Waals surface area (Å²) in [5.74, 6) is 3.95. The molecule has 0 saturated heterocycles. The largest absolute Gasteiger partial charge is 0.230 e. The van der Waals surface area contributed by atoms with Gasteiger partial charge in [-0.2, -0.15) is 0 Å². The fourth-order valence-electron chi connectivity index (χ4n) is 8.04. The van der Waals surface area contributed by atoms with Crippen molar-refractivity contribution in [3.05, 3.63) is 223 Å². The van der Waals surface area contributed by atoms with E-state index in [1.54, 1.807) is 0 Å². The zero-order valence-corrected chi connectivity index (χ0v) is 31.2. The fourth-order valence-corrected chi connectivity index (χ4v) is 11.9. The topological polar surface area (TPSA) is 0 Å². The van der Waals surface area contributed by atoms with Crippen LogP contribution in [-0.2, 0) is 0 Å². The van der Waals surface area contributed by atoms with Gasteiger partial charge in [0.1, 0.15) is 0 Å². The maximum Gasteiger partial charge on any atom is 0.230 e. The van der Waals surface area contributed by atoms with Gasteiger partial charge in [-0.1, -0.05) is 206 Å². The van der Waals surface area contributed by atoms with Gasteiger partial charge in [0.05, 0.1) is 0 Å². The maximum atomic E-state index is 4.11. The van der Waals surface area contributed by atoms with Crippen molar-refractivity contribution >= 4 is 45.2 Å². The van der Waals surface area contributed by atoms with Gasteiger partial charge in [0.2, 0.25) is 8.07 Å². The van der Waals surface area contributed by atoms with Crippen LogP contribution in [0.5, 0.6) is 0 Å². The van der Waals surface area contributed by atoms with Crippen molar-refractivity contribution in [3.8, 4) is 44.8 Å². The minimum absolute atomic E-state index is 1.08. The molecule has 0 amide bonds. The van der Waals surface area contributed by atoms with Crippen molar-refractivity contribution in [2.24, 2.45) is 0 Å². The predicted molar refractivity (Wildman–Crippen MR) is 233 cm³/mol. The molecule has 0 heterocycles. The van der Waals surface area contributed by atoms with Gasteiger partial charge in [-0.25, -0.2) is 0 Å². The third-order valence-corrected chi connectivity index (χ3v) is 14.7. The van der Waals surface area contributed by atoms with E-state index in [-0.39, 0.29) is 0 Å². The summed E-state index contributed by atoms with van der Waals surface area (Å²) in [5.41, 5.74) is 13.6. The Bertz CT molecular complexity index is 2640. The van der Waals surface area contributed by atoms with Crippen LogP contribution in [0, 0.1) is 18.4 Å². The third kappa shape index (κ3) is 6.03. The molecule has 0 aliphatic rings. The smallest absolute Gasteiger partial charge is 0.109 e. The summed E-state index contributed by atoms with van der Waals surface area (Å²) < 4.78 is 0. The average Bonchev–Trinajstić information content (AvgIpc) is 3.25. The first-order valence-corrected chi connectivity index (χ1v) is 20.6. The van der Waals surface area contributed by atoms with Gasteiger partial charge >= 0.3 is 0 Å². The molecule has 54 heavy (non-hydrogen) atoms. The van der Waals surface area contributed by atoms with E-state index in [4.69, 9.17) is 0 Å². The van der Waals surface area contributed by atoms with Crippen LogP contribution >= 0.6 is 0 Å². The minimum atomic E-state index is -2.82. The Hall–Kier alpha value is -6.72. The first-order valence-electron chi connectivity index (χ1n) is 18.6. The minimum Gasteiger partial charge on any atom is -0.109 e. The van der Waals surface area contributed by atoms with Crippen LogP contribution in [0.3, 0.4) is 0 Å². The molecule has 0 aliphatic carbocycles. The monoisotopic (exact) mass is 702 g/mol. The maximum absolute atomic E-state index is 4.11. The second-order valence-electron chi connectivity index (χ2n) is 14.0. The summed E-state index contributed by atoms with van der Waals surface area (Å²) in [6.07, 6.45) is 0. The molecule has 0 nitrogen and oxygen atoms in total. The summed E-state index contributed by atoms with van der Waals surface area (Å²) in [6, 6.07) is 77.1. The lowest BCUT2D eigenvalue weighted by molar-refractivity contribution is 1.50. The van der Waals surface area contributed by atoms with Crippen molar-refractivity contribution in [3.63, 3.8) is 0 Å². The molecular weight excluding hydrogens is 665 g/mol. The van der Waals surface area contributed by atoms with E-state index in [0.717, 1.165) is 5.56 Å². The molecule has 0 radical (unpaired) electrons. The molecule has 0 fully saturated rings. The van der Waals surface area contributed by atoms with Gasteiger partial charge in [-0.3, -0.25) is 0 Å². The van der Waals surface area contributed by atoms with Crippen LogP contribution in [0.15, 0.2) is 212 Å².